The number of oxime groups is 1. The number of tetrazole rings is 1. The Morgan fingerprint density at radius 1 is 1.43 bits per heavy atom. The number of thiazole rings is 1. The van der Waals surface area contributed by atoms with Crippen LogP contribution in [0.4, 0.5) is 5.13 Å². The highest BCUT2D eigenvalue weighted by Crippen LogP contribution is 2.41. The van der Waals surface area contributed by atoms with E-state index in [1.54, 1.807) is 11.6 Å². The van der Waals surface area contributed by atoms with E-state index in [4.69, 9.17) is 15.7 Å². The fourth-order valence-corrected chi connectivity index (χ4v) is 6.53. The summed E-state index contributed by atoms with van der Waals surface area (Å²) in [5.41, 5.74) is 6.13. The quantitative estimate of drug-likeness (QED) is 0.0603. The van der Waals surface area contributed by atoms with Gasteiger partial charge in [-0.15, -0.1) is 40.0 Å². The second kappa shape index (κ2) is 12.1. The van der Waals surface area contributed by atoms with Crippen LogP contribution in [0.25, 0.3) is 0 Å². The number of amides is 2. The molecular formula is C18H21N9O6S4. The maximum atomic E-state index is 13.0. The number of nitrogens with two attached hydrogens (primary N) is 1. The van der Waals surface area contributed by atoms with Crippen molar-refractivity contribution in [1.29, 1.82) is 0 Å². The molecule has 5 N–H and O–H groups in total. The molecule has 0 spiro atoms. The lowest BCUT2D eigenvalue weighted by molar-refractivity contribution is -0.150. The summed E-state index contributed by atoms with van der Waals surface area (Å²) in [6.07, 6.45) is 1.80. The minimum atomic E-state index is -1.25. The summed E-state index contributed by atoms with van der Waals surface area (Å²) in [6.45, 7) is 0.0463. The largest absolute Gasteiger partial charge is 0.477 e. The number of anilines is 1. The number of carbonyl (C=O) groups is 3. The first-order chi connectivity index (χ1) is 17.8. The number of nitrogens with zero attached hydrogens (tertiary/aromatic N) is 7. The lowest BCUT2D eigenvalue weighted by Gasteiger charge is -2.49. The van der Waals surface area contributed by atoms with Crippen LogP contribution in [-0.4, -0.2) is 106 Å². The normalized spacial score (nSPS) is 19.5. The van der Waals surface area contributed by atoms with Crippen LogP contribution >= 0.6 is 46.6 Å². The van der Waals surface area contributed by atoms with E-state index >= 15 is 0 Å². The molecule has 2 atom stereocenters. The molecular weight excluding hydrogens is 567 g/mol. The molecule has 1 unspecified atom stereocenters. The highest BCUT2D eigenvalue weighted by Gasteiger charge is 2.54. The van der Waals surface area contributed by atoms with E-state index in [-0.39, 0.29) is 47.1 Å². The van der Waals surface area contributed by atoms with Gasteiger partial charge in [0.25, 0.3) is 11.8 Å². The fourth-order valence-electron chi connectivity index (χ4n) is 3.44. The van der Waals surface area contributed by atoms with E-state index in [1.165, 1.54) is 44.9 Å². The van der Waals surface area contributed by atoms with Crippen LogP contribution in [-0.2, 0) is 25.8 Å². The molecule has 0 bridgehead atoms. The molecule has 2 aliphatic rings. The van der Waals surface area contributed by atoms with Gasteiger partial charge in [0.15, 0.2) is 16.8 Å². The predicted octanol–water partition coefficient (Wildman–Crippen LogP) is -0.724. The van der Waals surface area contributed by atoms with Gasteiger partial charge in [0.05, 0.1) is 13.2 Å². The molecule has 2 aromatic heterocycles. The van der Waals surface area contributed by atoms with Crippen LogP contribution in [0.1, 0.15) is 5.69 Å². The van der Waals surface area contributed by atoms with Gasteiger partial charge in [-0.25, -0.2) is 14.5 Å². The van der Waals surface area contributed by atoms with Gasteiger partial charge in [-0.1, -0.05) is 16.9 Å². The van der Waals surface area contributed by atoms with Crippen molar-refractivity contribution in [2.24, 2.45) is 5.16 Å². The summed E-state index contributed by atoms with van der Waals surface area (Å²) in [5.74, 6) is -1.76. The van der Waals surface area contributed by atoms with Crippen molar-refractivity contribution < 1.29 is 29.4 Å². The summed E-state index contributed by atoms with van der Waals surface area (Å²) in [4.78, 5) is 48.5. The number of fused-ring (bicyclic) bond motifs is 1. The van der Waals surface area contributed by atoms with Crippen LogP contribution in [0.15, 0.2) is 27.0 Å². The minimum Gasteiger partial charge on any atom is -0.477 e. The number of carboxylic acids is 1. The highest BCUT2D eigenvalue weighted by atomic mass is 32.2. The fraction of sp³-hybridized carbons (Fsp3) is 0.444. The van der Waals surface area contributed by atoms with Crippen LogP contribution in [0, 0.1) is 0 Å². The SMILES string of the molecule is CSCON=C(C(=O)NC1C(=O)N2C(C(=O)O)=C(CSc3nnnn3CCO)CS[C@H]12)c1csc(N)n1. The third-order valence-electron chi connectivity index (χ3n) is 5.03. The number of aliphatic hydroxyl groups is 1. The van der Waals surface area contributed by atoms with E-state index in [0.29, 0.717) is 16.5 Å². The van der Waals surface area contributed by atoms with Gasteiger partial charge < -0.3 is 26.1 Å². The molecule has 0 aliphatic carbocycles. The summed E-state index contributed by atoms with van der Waals surface area (Å²) < 4.78 is 1.41. The molecule has 2 amide bonds. The van der Waals surface area contributed by atoms with Gasteiger partial charge >= 0.3 is 5.97 Å². The first-order valence-electron chi connectivity index (χ1n) is 10.5. The summed E-state index contributed by atoms with van der Waals surface area (Å²) in [7, 11) is 0. The Bertz CT molecular complexity index is 1250. The second-order valence-electron chi connectivity index (χ2n) is 7.36. The van der Waals surface area contributed by atoms with Crippen LogP contribution < -0.4 is 11.1 Å². The molecule has 37 heavy (non-hydrogen) atoms. The Hall–Kier alpha value is -2.87. The zero-order chi connectivity index (χ0) is 26.5. The van der Waals surface area contributed by atoms with Crippen molar-refractivity contribution in [3.05, 3.63) is 22.3 Å². The molecule has 15 nitrogen and oxygen atoms in total. The number of rotatable bonds is 12. The average Bonchev–Trinajstić information content (AvgIpc) is 3.51. The topological polar surface area (TPSA) is 211 Å². The third kappa shape index (κ3) is 5.84. The number of thioether (sulfide) groups is 3. The van der Waals surface area contributed by atoms with Gasteiger partial charge in [-0.3, -0.25) is 14.5 Å². The maximum Gasteiger partial charge on any atom is 0.352 e. The maximum absolute atomic E-state index is 13.0. The number of nitrogens with one attached hydrogen (secondary N) is 1. The van der Waals surface area contributed by atoms with Crippen molar-refractivity contribution in [1.82, 2.24) is 35.4 Å². The van der Waals surface area contributed by atoms with E-state index < -0.39 is 29.2 Å². The molecule has 0 aromatic carbocycles. The van der Waals surface area contributed by atoms with Crippen LogP contribution in [0.2, 0.25) is 0 Å². The lowest BCUT2D eigenvalue weighted by Crippen LogP contribution is -2.71. The number of aliphatic hydroxyl groups excluding tert-OH is 1. The zero-order valence-electron chi connectivity index (χ0n) is 19.1. The number of hydrogen-bond donors (Lipinski definition) is 4. The Morgan fingerprint density at radius 3 is 2.92 bits per heavy atom. The zero-order valence-corrected chi connectivity index (χ0v) is 22.4. The van der Waals surface area contributed by atoms with Gasteiger partial charge in [0, 0.05) is 16.9 Å². The third-order valence-corrected chi connectivity index (χ3v) is 8.43. The van der Waals surface area contributed by atoms with E-state index in [2.05, 4.69) is 31.0 Å². The molecule has 2 aromatic rings. The average molecular weight is 588 g/mol. The number of hydrogen-bond acceptors (Lipinski definition) is 15. The predicted molar refractivity (Wildman–Crippen MR) is 138 cm³/mol. The lowest BCUT2D eigenvalue weighted by atomic mass is 10.0. The Kier molecular flexibility index (Phi) is 8.90. The second-order valence-corrected chi connectivity index (χ2v) is 11.1. The van der Waals surface area contributed by atoms with Crippen molar-refractivity contribution in [3.8, 4) is 0 Å². The number of carboxylic acid groups (broad SMARTS) is 1. The molecule has 0 radical (unpaired) electrons. The number of carbonyl (C=O) groups excluding carboxylic acids is 2. The molecule has 198 valence electrons. The molecule has 2 aliphatic heterocycles. The highest BCUT2D eigenvalue weighted by molar-refractivity contribution is 8.01. The van der Waals surface area contributed by atoms with Crippen molar-refractivity contribution in [2.75, 3.05) is 36.0 Å². The number of aromatic nitrogens is 5. The Balaban J connectivity index is 1.48. The first-order valence-corrected chi connectivity index (χ1v) is 14.8. The number of aliphatic carboxylic acids is 1. The van der Waals surface area contributed by atoms with E-state index in [0.717, 1.165) is 11.3 Å². The van der Waals surface area contributed by atoms with Crippen LogP contribution in [0.5, 0.6) is 0 Å². The number of β-lactam (4-membered cyclic amide) rings is 1. The first kappa shape index (κ1) is 27.2. The number of nitrogen functional groups attached to an aromatic ring is 1. The smallest absolute Gasteiger partial charge is 0.352 e. The summed E-state index contributed by atoms with van der Waals surface area (Å²) in [5, 5.41) is 38.3. The van der Waals surface area contributed by atoms with Gasteiger partial charge in [0.1, 0.15) is 22.8 Å². The van der Waals surface area contributed by atoms with Gasteiger partial charge in [0.2, 0.25) is 5.16 Å². The standard InChI is InChI=1S/C18H21N9O6S4/c1-34-7-33-23-10(9-6-36-17(19)20-9)13(29)21-11-14(30)27-12(16(31)32)8(4-35-15(11)27)5-37-18-22-24-25-26(18)2-3-28/h6,11,15,28H,2-5,7H2,1H3,(H2,19,20)(H,21,29)(H,31,32)/t11?,15-/m1/s1. The minimum absolute atomic E-state index is 0.127. The Morgan fingerprint density at radius 2 is 2.24 bits per heavy atom. The van der Waals surface area contributed by atoms with Crippen molar-refractivity contribution in [3.63, 3.8) is 0 Å². The van der Waals surface area contributed by atoms with Gasteiger partial charge in [-0.2, -0.15) is 0 Å². The van der Waals surface area contributed by atoms with Crippen LogP contribution in [0.3, 0.4) is 0 Å². The monoisotopic (exact) mass is 587 g/mol. The molecule has 4 rings (SSSR count). The summed E-state index contributed by atoms with van der Waals surface area (Å²) in [6, 6.07) is -0.959. The molecule has 1 fully saturated rings. The molecule has 4 heterocycles. The molecule has 19 heteroatoms. The van der Waals surface area contributed by atoms with E-state index in [9.17, 15) is 19.5 Å². The Labute approximate surface area is 226 Å². The van der Waals surface area contributed by atoms with Crippen molar-refractivity contribution in [2.45, 2.75) is 23.1 Å². The summed E-state index contributed by atoms with van der Waals surface area (Å²) >= 11 is 5.01. The van der Waals surface area contributed by atoms with Gasteiger partial charge in [-0.05, 0) is 22.3 Å². The van der Waals surface area contributed by atoms with Crippen molar-refractivity contribution >= 4 is 75.2 Å². The molecule has 1 saturated heterocycles. The van der Waals surface area contributed by atoms with E-state index in [1.807, 2.05) is 0 Å². The molecule has 0 saturated carbocycles.